The Kier molecular flexibility index (Phi) is 6.95. The smallest absolute Gasteiger partial charge is 0.324 e. The number of aromatic nitrogens is 2. The number of urea groups is 1. The van der Waals surface area contributed by atoms with E-state index in [-0.39, 0.29) is 29.6 Å². The predicted octanol–water partition coefficient (Wildman–Crippen LogP) is 5.45. The molecule has 1 aliphatic heterocycles. The van der Waals surface area contributed by atoms with Crippen molar-refractivity contribution >= 4 is 11.7 Å². The molecule has 11 heteroatoms. The standard InChI is InChI=1S/C26H24F3N5O3/c1-32-8-10-33(11-9-32)26(35)34(21-4-2-3-17(13-21)20-7-12-36-16-20)15-19-6-5-18(14-22(19)27)24-30-31-25(37-24)23(28)29/h2-7,12-14,16,23H,8-11,15H2,1H3. The Balaban J connectivity index is 1.45. The summed E-state index contributed by atoms with van der Waals surface area (Å²) in [5.41, 5.74) is 2.72. The van der Waals surface area contributed by atoms with Gasteiger partial charge in [0.15, 0.2) is 0 Å². The third-order valence-electron chi connectivity index (χ3n) is 6.27. The van der Waals surface area contributed by atoms with E-state index in [1.807, 2.05) is 31.3 Å². The van der Waals surface area contributed by atoms with Crippen LogP contribution >= 0.6 is 0 Å². The number of carbonyl (C=O) groups is 1. The molecule has 0 atom stereocenters. The number of nitrogens with zero attached hydrogens (tertiary/aromatic N) is 5. The van der Waals surface area contributed by atoms with Gasteiger partial charge in [0.2, 0.25) is 5.89 Å². The molecule has 1 saturated heterocycles. The van der Waals surface area contributed by atoms with Gasteiger partial charge in [-0.05, 0) is 42.9 Å². The molecule has 0 bridgehead atoms. The maximum Gasteiger partial charge on any atom is 0.324 e. The van der Waals surface area contributed by atoms with Crippen molar-refractivity contribution in [3.63, 3.8) is 0 Å². The second-order valence-electron chi connectivity index (χ2n) is 8.77. The van der Waals surface area contributed by atoms with Gasteiger partial charge in [-0.2, -0.15) is 8.78 Å². The van der Waals surface area contributed by atoms with E-state index in [1.54, 1.807) is 23.5 Å². The van der Waals surface area contributed by atoms with Gasteiger partial charge in [0.1, 0.15) is 5.82 Å². The topological polar surface area (TPSA) is 78.9 Å². The van der Waals surface area contributed by atoms with E-state index in [9.17, 15) is 13.6 Å². The van der Waals surface area contributed by atoms with Crippen molar-refractivity contribution in [2.24, 2.45) is 0 Å². The fourth-order valence-corrected chi connectivity index (χ4v) is 4.14. The summed E-state index contributed by atoms with van der Waals surface area (Å²) in [6.45, 7) is 2.54. The van der Waals surface area contributed by atoms with E-state index in [2.05, 4.69) is 15.1 Å². The van der Waals surface area contributed by atoms with Crippen LogP contribution in [0.1, 0.15) is 17.9 Å². The highest BCUT2D eigenvalue weighted by atomic mass is 19.3. The molecular formula is C26H24F3N5O3. The Bertz CT molecular complexity index is 1370. The molecule has 3 heterocycles. The summed E-state index contributed by atoms with van der Waals surface area (Å²) < 4.78 is 50.9. The summed E-state index contributed by atoms with van der Waals surface area (Å²) in [7, 11) is 2.00. The molecule has 2 aromatic heterocycles. The summed E-state index contributed by atoms with van der Waals surface area (Å²) in [6.07, 6.45) is 0.262. The lowest BCUT2D eigenvalue weighted by molar-refractivity contribution is 0.116. The normalized spacial score (nSPS) is 14.4. The number of amides is 2. The Morgan fingerprint density at radius 1 is 1.03 bits per heavy atom. The first-order chi connectivity index (χ1) is 17.9. The van der Waals surface area contributed by atoms with Crippen LogP contribution in [0.25, 0.3) is 22.6 Å². The van der Waals surface area contributed by atoms with Crippen molar-refractivity contribution in [3.05, 3.63) is 78.3 Å². The van der Waals surface area contributed by atoms with Crippen LogP contribution < -0.4 is 4.90 Å². The van der Waals surface area contributed by atoms with Crippen LogP contribution in [0.3, 0.4) is 0 Å². The first kappa shape index (κ1) is 24.6. The maximum atomic E-state index is 15.2. The van der Waals surface area contributed by atoms with Gasteiger partial charge in [-0.15, -0.1) is 10.2 Å². The summed E-state index contributed by atoms with van der Waals surface area (Å²) in [4.78, 5) is 19.1. The van der Waals surface area contributed by atoms with Crippen LogP contribution in [-0.4, -0.2) is 59.3 Å². The Morgan fingerprint density at radius 2 is 1.84 bits per heavy atom. The van der Waals surface area contributed by atoms with Crippen molar-refractivity contribution in [2.75, 3.05) is 38.1 Å². The number of hydrogen-bond acceptors (Lipinski definition) is 6. The van der Waals surface area contributed by atoms with E-state index < -0.39 is 18.1 Å². The lowest BCUT2D eigenvalue weighted by Gasteiger charge is -2.36. The number of piperazine rings is 1. The quantitative estimate of drug-likeness (QED) is 0.343. The second kappa shape index (κ2) is 10.5. The van der Waals surface area contributed by atoms with Crippen molar-refractivity contribution in [1.82, 2.24) is 20.0 Å². The molecule has 2 amide bonds. The molecular weight excluding hydrogens is 487 g/mol. The molecule has 1 fully saturated rings. The molecule has 0 N–H and O–H groups in total. The van der Waals surface area contributed by atoms with Gasteiger partial charge in [-0.25, -0.2) is 9.18 Å². The fourth-order valence-electron chi connectivity index (χ4n) is 4.14. The van der Waals surface area contributed by atoms with Crippen molar-refractivity contribution < 1.29 is 26.8 Å². The number of carbonyl (C=O) groups excluding carboxylic acids is 1. The van der Waals surface area contributed by atoms with Gasteiger partial charge >= 0.3 is 12.5 Å². The second-order valence-corrected chi connectivity index (χ2v) is 8.77. The molecule has 192 valence electrons. The molecule has 1 aliphatic rings. The Labute approximate surface area is 210 Å². The van der Waals surface area contributed by atoms with Crippen molar-refractivity contribution in [1.29, 1.82) is 0 Å². The molecule has 0 unspecified atom stereocenters. The van der Waals surface area contributed by atoms with E-state index in [0.717, 1.165) is 30.3 Å². The molecule has 0 radical (unpaired) electrons. The van der Waals surface area contributed by atoms with Crippen LogP contribution in [0.2, 0.25) is 0 Å². The minimum absolute atomic E-state index is 0.0434. The number of furan rings is 1. The zero-order valence-electron chi connectivity index (χ0n) is 20.0. The molecule has 0 aliphatic carbocycles. The van der Waals surface area contributed by atoms with Crippen LogP contribution in [-0.2, 0) is 6.54 Å². The Hall–Kier alpha value is -4.12. The summed E-state index contributed by atoms with van der Waals surface area (Å²) in [5.74, 6) is -1.67. The minimum atomic E-state index is -2.92. The van der Waals surface area contributed by atoms with Crippen LogP contribution in [0.4, 0.5) is 23.7 Å². The number of hydrogen-bond donors (Lipinski definition) is 0. The average Bonchev–Trinajstić information content (AvgIpc) is 3.61. The molecule has 5 rings (SSSR count). The third kappa shape index (κ3) is 5.36. The van der Waals surface area contributed by atoms with Crippen molar-refractivity contribution in [2.45, 2.75) is 13.0 Å². The van der Waals surface area contributed by atoms with E-state index in [1.165, 1.54) is 17.0 Å². The third-order valence-corrected chi connectivity index (χ3v) is 6.27. The van der Waals surface area contributed by atoms with Gasteiger partial charge in [-0.1, -0.05) is 18.2 Å². The lowest BCUT2D eigenvalue weighted by Crippen LogP contribution is -2.52. The fraction of sp³-hybridized carbons (Fsp3) is 0.269. The molecule has 2 aromatic carbocycles. The molecule has 37 heavy (non-hydrogen) atoms. The van der Waals surface area contributed by atoms with Gasteiger partial charge in [0, 0.05) is 48.6 Å². The monoisotopic (exact) mass is 511 g/mol. The van der Waals surface area contributed by atoms with Crippen LogP contribution in [0.5, 0.6) is 0 Å². The largest absolute Gasteiger partial charge is 0.472 e. The number of likely N-dealkylation sites (N-methyl/N-ethyl adjacent to an activating group) is 1. The van der Waals surface area contributed by atoms with Crippen LogP contribution in [0.15, 0.2) is 69.9 Å². The van der Waals surface area contributed by atoms with Gasteiger partial charge in [0.05, 0.1) is 19.1 Å². The zero-order valence-corrected chi connectivity index (χ0v) is 20.0. The lowest BCUT2D eigenvalue weighted by atomic mass is 10.1. The number of benzene rings is 2. The van der Waals surface area contributed by atoms with Gasteiger partial charge in [-0.3, -0.25) is 4.90 Å². The molecule has 8 nitrogen and oxygen atoms in total. The summed E-state index contributed by atoms with van der Waals surface area (Å²) in [6, 6.07) is 13.1. The van der Waals surface area contributed by atoms with Gasteiger partial charge < -0.3 is 18.6 Å². The number of alkyl halides is 2. The highest BCUT2D eigenvalue weighted by Gasteiger charge is 2.27. The zero-order chi connectivity index (χ0) is 25.9. The number of halogens is 3. The highest BCUT2D eigenvalue weighted by molar-refractivity contribution is 5.93. The average molecular weight is 512 g/mol. The van der Waals surface area contributed by atoms with Gasteiger partial charge in [0.25, 0.3) is 5.89 Å². The maximum absolute atomic E-state index is 15.2. The van der Waals surface area contributed by atoms with E-state index >= 15 is 4.39 Å². The van der Waals surface area contributed by atoms with Crippen molar-refractivity contribution in [3.8, 4) is 22.6 Å². The number of rotatable bonds is 6. The molecule has 0 spiro atoms. The summed E-state index contributed by atoms with van der Waals surface area (Å²) >= 11 is 0. The SMILES string of the molecule is CN1CCN(C(=O)N(Cc2ccc(-c3nnc(C(F)F)o3)cc2F)c2cccc(-c3ccoc3)c2)CC1. The first-order valence-electron chi connectivity index (χ1n) is 11.7. The van der Waals surface area contributed by atoms with Crippen LogP contribution in [0, 0.1) is 5.82 Å². The molecule has 0 saturated carbocycles. The highest BCUT2D eigenvalue weighted by Crippen LogP contribution is 2.29. The predicted molar refractivity (Wildman–Crippen MR) is 129 cm³/mol. The minimum Gasteiger partial charge on any atom is -0.472 e. The molecule has 4 aromatic rings. The van der Waals surface area contributed by atoms with E-state index in [4.69, 9.17) is 8.83 Å². The Morgan fingerprint density at radius 3 is 2.51 bits per heavy atom. The summed E-state index contributed by atoms with van der Waals surface area (Å²) in [5, 5.41) is 6.85. The first-order valence-corrected chi connectivity index (χ1v) is 11.7. The number of anilines is 1. The van der Waals surface area contributed by atoms with E-state index in [0.29, 0.717) is 18.8 Å².